The van der Waals surface area contributed by atoms with Crippen LogP contribution in [0.1, 0.15) is 17.5 Å². The topological polar surface area (TPSA) is 55.8 Å². The largest absolute Gasteiger partial charge is 0.497 e. The molecule has 0 bridgehead atoms. The van der Waals surface area contributed by atoms with E-state index in [9.17, 15) is 9.59 Å². The number of benzene rings is 2. The fraction of sp³-hybridized carbons (Fsp3) is 0.333. The average molecular weight is 353 g/mol. The first-order valence-corrected chi connectivity index (χ1v) is 8.73. The van der Waals surface area contributed by atoms with Gasteiger partial charge in [-0.25, -0.2) is 0 Å². The van der Waals surface area contributed by atoms with Crippen LogP contribution in [0.2, 0.25) is 0 Å². The van der Waals surface area contributed by atoms with Crippen molar-refractivity contribution in [1.82, 2.24) is 0 Å². The van der Waals surface area contributed by atoms with Crippen LogP contribution in [0.15, 0.2) is 48.5 Å². The van der Waals surface area contributed by atoms with E-state index in [2.05, 4.69) is 0 Å². The first-order valence-electron chi connectivity index (χ1n) is 8.73. The van der Waals surface area contributed by atoms with Gasteiger partial charge in [0.15, 0.2) is 0 Å². The zero-order chi connectivity index (χ0) is 18.5. The molecule has 3 rings (SSSR count). The molecule has 0 spiro atoms. The van der Waals surface area contributed by atoms with E-state index in [0.717, 1.165) is 22.6 Å². The van der Waals surface area contributed by atoms with E-state index >= 15 is 0 Å². The molecule has 5 nitrogen and oxygen atoms in total. The Balaban J connectivity index is 1.50. The highest BCUT2D eigenvalue weighted by Gasteiger charge is 2.36. The highest BCUT2D eigenvalue weighted by Crippen LogP contribution is 2.26. The molecule has 1 amide bonds. The molecular formula is C21H23NO4. The Kier molecular flexibility index (Phi) is 5.56. The molecular weight excluding hydrogens is 330 g/mol. The van der Waals surface area contributed by atoms with Gasteiger partial charge in [0.2, 0.25) is 5.91 Å². The first kappa shape index (κ1) is 18.0. The van der Waals surface area contributed by atoms with Crippen LogP contribution in [0.3, 0.4) is 0 Å². The van der Waals surface area contributed by atoms with E-state index in [1.54, 1.807) is 12.0 Å². The predicted octanol–water partition coefficient (Wildman–Crippen LogP) is 3.14. The van der Waals surface area contributed by atoms with Crippen molar-refractivity contribution < 1.29 is 19.1 Å². The zero-order valence-corrected chi connectivity index (χ0v) is 15.1. The highest BCUT2D eigenvalue weighted by molar-refractivity contribution is 5.99. The molecule has 1 fully saturated rings. The lowest BCUT2D eigenvalue weighted by atomic mass is 10.1. The van der Waals surface area contributed by atoms with Crippen LogP contribution < -0.4 is 9.64 Å². The summed E-state index contributed by atoms with van der Waals surface area (Å²) >= 11 is 0. The summed E-state index contributed by atoms with van der Waals surface area (Å²) in [6, 6.07) is 15.4. The standard InChI is InChI=1S/C21H23NO4/c1-15-3-7-18(8-4-15)22-14-17(13-20(22)23)21(24)26-12-11-16-5-9-19(25-2)10-6-16/h3-10,17H,11-14H2,1-2H3. The molecule has 2 aromatic rings. The lowest BCUT2D eigenvalue weighted by Gasteiger charge is -2.16. The normalized spacial score (nSPS) is 16.6. The maximum absolute atomic E-state index is 12.3. The number of amides is 1. The Morgan fingerprint density at radius 3 is 2.46 bits per heavy atom. The van der Waals surface area contributed by atoms with E-state index in [4.69, 9.17) is 9.47 Å². The van der Waals surface area contributed by atoms with Crippen LogP contribution in [0.4, 0.5) is 5.69 Å². The molecule has 2 aromatic carbocycles. The predicted molar refractivity (Wildman–Crippen MR) is 99.3 cm³/mol. The lowest BCUT2D eigenvalue weighted by molar-refractivity contribution is -0.148. The molecule has 1 saturated heterocycles. The number of anilines is 1. The number of esters is 1. The number of carbonyl (C=O) groups is 2. The molecule has 1 aliphatic rings. The second-order valence-corrected chi connectivity index (χ2v) is 6.51. The fourth-order valence-electron chi connectivity index (χ4n) is 3.02. The third kappa shape index (κ3) is 4.23. The third-order valence-corrected chi connectivity index (χ3v) is 4.60. The van der Waals surface area contributed by atoms with Crippen LogP contribution in [0, 0.1) is 12.8 Å². The van der Waals surface area contributed by atoms with E-state index in [-0.39, 0.29) is 18.3 Å². The summed E-state index contributed by atoms with van der Waals surface area (Å²) in [5.41, 5.74) is 3.03. The molecule has 1 unspecified atom stereocenters. The number of methoxy groups -OCH3 is 1. The molecule has 5 heteroatoms. The number of aryl methyl sites for hydroxylation is 1. The molecule has 0 aliphatic carbocycles. The first-order chi connectivity index (χ1) is 12.6. The van der Waals surface area contributed by atoms with Crippen LogP contribution in [-0.4, -0.2) is 32.1 Å². The van der Waals surface area contributed by atoms with E-state index < -0.39 is 5.92 Å². The van der Waals surface area contributed by atoms with Gasteiger partial charge >= 0.3 is 5.97 Å². The van der Waals surface area contributed by atoms with Gasteiger partial charge in [0.05, 0.1) is 19.6 Å². The van der Waals surface area contributed by atoms with E-state index in [0.29, 0.717) is 19.6 Å². The maximum Gasteiger partial charge on any atom is 0.311 e. The summed E-state index contributed by atoms with van der Waals surface area (Å²) in [4.78, 5) is 26.2. The van der Waals surface area contributed by atoms with Gasteiger partial charge in [-0.3, -0.25) is 9.59 Å². The Bertz CT molecular complexity index is 768. The number of rotatable bonds is 6. The lowest BCUT2D eigenvalue weighted by Crippen LogP contribution is -2.26. The fourth-order valence-corrected chi connectivity index (χ4v) is 3.02. The minimum Gasteiger partial charge on any atom is -0.497 e. The van der Waals surface area contributed by atoms with Gasteiger partial charge in [-0.15, -0.1) is 0 Å². The highest BCUT2D eigenvalue weighted by atomic mass is 16.5. The summed E-state index contributed by atoms with van der Waals surface area (Å²) < 4.78 is 10.5. The van der Waals surface area contributed by atoms with Crippen molar-refractivity contribution in [3.8, 4) is 5.75 Å². The second-order valence-electron chi connectivity index (χ2n) is 6.51. The Morgan fingerprint density at radius 2 is 1.81 bits per heavy atom. The summed E-state index contributed by atoms with van der Waals surface area (Å²) in [6.45, 7) is 2.68. The summed E-state index contributed by atoms with van der Waals surface area (Å²) in [5, 5.41) is 0. The number of hydrogen-bond donors (Lipinski definition) is 0. The molecule has 0 aromatic heterocycles. The summed E-state index contributed by atoms with van der Waals surface area (Å²) in [6.07, 6.45) is 0.841. The molecule has 136 valence electrons. The Hall–Kier alpha value is -2.82. The summed E-state index contributed by atoms with van der Waals surface area (Å²) in [5.74, 6) is 0.0542. The number of carbonyl (C=O) groups excluding carboxylic acids is 2. The monoisotopic (exact) mass is 353 g/mol. The number of nitrogens with zero attached hydrogens (tertiary/aromatic N) is 1. The van der Waals surface area contributed by atoms with Crippen molar-refractivity contribution in [2.45, 2.75) is 19.8 Å². The van der Waals surface area contributed by atoms with Crippen LogP contribution in [0.25, 0.3) is 0 Å². The Labute approximate surface area is 153 Å². The molecule has 0 saturated carbocycles. The van der Waals surface area contributed by atoms with Gasteiger partial charge in [0.25, 0.3) is 0 Å². The summed E-state index contributed by atoms with van der Waals surface area (Å²) in [7, 11) is 1.62. The average Bonchev–Trinajstić information content (AvgIpc) is 3.05. The molecule has 1 heterocycles. The molecule has 0 N–H and O–H groups in total. The molecule has 0 radical (unpaired) electrons. The van der Waals surface area contributed by atoms with E-state index in [1.165, 1.54) is 0 Å². The van der Waals surface area contributed by atoms with Crippen LogP contribution in [-0.2, 0) is 20.7 Å². The van der Waals surface area contributed by atoms with Crippen molar-refractivity contribution in [1.29, 1.82) is 0 Å². The minimum absolute atomic E-state index is 0.0362. The smallest absolute Gasteiger partial charge is 0.311 e. The molecule has 1 atom stereocenters. The van der Waals surface area contributed by atoms with Crippen molar-refractivity contribution in [2.24, 2.45) is 5.92 Å². The molecule has 26 heavy (non-hydrogen) atoms. The van der Waals surface area contributed by atoms with Gasteiger partial charge in [-0.05, 0) is 36.8 Å². The van der Waals surface area contributed by atoms with Gasteiger partial charge in [-0.1, -0.05) is 29.8 Å². The quantitative estimate of drug-likeness (QED) is 0.749. The maximum atomic E-state index is 12.3. The van der Waals surface area contributed by atoms with Crippen LogP contribution in [0.5, 0.6) is 5.75 Å². The van der Waals surface area contributed by atoms with Crippen molar-refractivity contribution >= 4 is 17.6 Å². The van der Waals surface area contributed by atoms with Gasteiger partial charge < -0.3 is 14.4 Å². The van der Waals surface area contributed by atoms with Crippen molar-refractivity contribution in [3.05, 3.63) is 59.7 Å². The van der Waals surface area contributed by atoms with Gasteiger partial charge in [-0.2, -0.15) is 0 Å². The SMILES string of the molecule is COc1ccc(CCOC(=O)C2CC(=O)N(c3ccc(C)cc3)C2)cc1. The zero-order valence-electron chi connectivity index (χ0n) is 15.1. The van der Waals surface area contributed by atoms with E-state index in [1.807, 2.05) is 55.5 Å². The minimum atomic E-state index is -0.403. The molecule has 1 aliphatic heterocycles. The van der Waals surface area contributed by atoms with Crippen molar-refractivity contribution in [3.63, 3.8) is 0 Å². The van der Waals surface area contributed by atoms with Crippen LogP contribution >= 0.6 is 0 Å². The number of ether oxygens (including phenoxy) is 2. The van der Waals surface area contributed by atoms with Gasteiger partial charge in [0, 0.05) is 25.1 Å². The Morgan fingerprint density at radius 1 is 1.12 bits per heavy atom. The van der Waals surface area contributed by atoms with Crippen molar-refractivity contribution in [2.75, 3.05) is 25.2 Å². The van der Waals surface area contributed by atoms with Gasteiger partial charge in [0.1, 0.15) is 5.75 Å². The number of hydrogen-bond acceptors (Lipinski definition) is 4. The second kappa shape index (κ2) is 8.04. The third-order valence-electron chi connectivity index (χ3n) is 4.60.